The minimum absolute atomic E-state index is 0. The molecule has 0 aliphatic carbocycles. The summed E-state index contributed by atoms with van der Waals surface area (Å²) >= 11 is 0. The third-order valence-corrected chi connectivity index (χ3v) is 2.61. The van der Waals surface area contributed by atoms with Gasteiger partial charge in [0.2, 0.25) is 6.41 Å². The molecule has 1 unspecified atom stereocenters. The molecular formula is C6H14NNa2O8P. The van der Waals surface area contributed by atoms with Crippen molar-refractivity contribution >= 4 is 19.8 Å². The van der Waals surface area contributed by atoms with Gasteiger partial charge in [-0.1, -0.05) is 0 Å². The normalized spacial score (nSPS) is 13.6. The molecule has 0 aliphatic heterocycles. The predicted octanol–water partition coefficient (Wildman–Crippen LogP) is -8.46. The molecule has 0 spiro atoms. The van der Waals surface area contributed by atoms with Crippen LogP contribution in [0.3, 0.4) is 0 Å². The van der Waals surface area contributed by atoms with Gasteiger partial charge in [-0.25, -0.2) is 5.06 Å². The minimum atomic E-state index is -4.73. The summed E-state index contributed by atoms with van der Waals surface area (Å²) in [6, 6.07) is 0. The molecule has 1 atom stereocenters. The molecule has 0 aliphatic rings. The van der Waals surface area contributed by atoms with E-state index < -0.39 is 38.3 Å². The van der Waals surface area contributed by atoms with E-state index in [0.717, 1.165) is 0 Å². The van der Waals surface area contributed by atoms with Crippen molar-refractivity contribution in [3.05, 3.63) is 0 Å². The Hall–Kier alpha value is 1.17. The number of aliphatic hydroxyl groups is 2. The van der Waals surface area contributed by atoms with Crippen LogP contribution in [0.1, 0.15) is 2.85 Å². The Morgan fingerprint density at radius 1 is 1.39 bits per heavy atom. The van der Waals surface area contributed by atoms with Crippen LogP contribution in [-0.2, 0) is 14.2 Å². The summed E-state index contributed by atoms with van der Waals surface area (Å²) in [5, 5.41) is 26.6. The van der Waals surface area contributed by atoms with Gasteiger partial charge in [-0.05, 0) is 0 Å². The first-order valence-electron chi connectivity index (χ1n) is 3.96. The van der Waals surface area contributed by atoms with Crippen molar-refractivity contribution in [2.45, 2.75) is 5.60 Å². The molecule has 0 radical (unpaired) electrons. The molecule has 1 amide bonds. The zero-order chi connectivity index (χ0) is 13.0. The first-order chi connectivity index (χ1) is 7.14. The van der Waals surface area contributed by atoms with Crippen molar-refractivity contribution in [2.24, 2.45) is 0 Å². The number of hydrogen-bond acceptors (Lipinski definition) is 6. The molecular weight excluding hydrogens is 291 g/mol. The predicted molar refractivity (Wildman–Crippen MR) is 50.7 cm³/mol. The summed E-state index contributed by atoms with van der Waals surface area (Å²) in [6.45, 7) is -2.22. The number of amides is 1. The van der Waals surface area contributed by atoms with Crippen LogP contribution in [0, 0.1) is 0 Å². The monoisotopic (exact) mass is 305 g/mol. The van der Waals surface area contributed by atoms with E-state index in [-0.39, 0.29) is 73.4 Å². The largest absolute Gasteiger partial charge is 1.00 e. The van der Waals surface area contributed by atoms with Gasteiger partial charge in [0.1, 0.15) is 6.54 Å². The fourth-order valence-electron chi connectivity index (χ4n) is 0.899. The summed E-state index contributed by atoms with van der Waals surface area (Å²) in [4.78, 5) is 38.3. The van der Waals surface area contributed by atoms with Crippen molar-refractivity contribution in [2.75, 3.05) is 19.3 Å². The molecule has 9 nitrogen and oxygen atoms in total. The molecule has 0 fully saturated rings. The second-order valence-corrected chi connectivity index (χ2v) is 4.78. The number of hydroxylamine groups is 2. The van der Waals surface area contributed by atoms with Gasteiger partial charge in [0.15, 0.2) is 11.4 Å². The molecule has 5 N–H and O–H groups in total. The Bertz CT molecular complexity index is 332. The second-order valence-electron chi connectivity index (χ2n) is 3.14. The zero-order valence-electron chi connectivity index (χ0n) is 12.1. The number of Topliss-reactive ketones (excluding diaryl/α,β-unsaturated/α-hetero) is 1. The SMILES string of the molecule is O=CN(O)CC(=O)C(O)(CO)CP(=O)(O)O.[H-].[H-].[Na+].[Na+]. The maximum atomic E-state index is 11.2. The third-order valence-electron chi connectivity index (χ3n) is 1.68. The maximum absolute atomic E-state index is 11.2. The van der Waals surface area contributed by atoms with Gasteiger partial charge in [-0.3, -0.25) is 19.4 Å². The average Bonchev–Trinajstić information content (AvgIpc) is 2.14. The second kappa shape index (κ2) is 9.98. The molecule has 0 aromatic rings. The number of carbonyl (C=O) groups excluding carboxylic acids is 2. The fourth-order valence-corrected chi connectivity index (χ4v) is 1.86. The summed E-state index contributed by atoms with van der Waals surface area (Å²) in [5.74, 6) is -1.28. The summed E-state index contributed by atoms with van der Waals surface area (Å²) < 4.78 is 10.6. The number of carbonyl (C=O) groups is 2. The number of aliphatic hydroxyl groups excluding tert-OH is 1. The van der Waals surface area contributed by atoms with Crippen LogP contribution >= 0.6 is 7.60 Å². The van der Waals surface area contributed by atoms with Gasteiger partial charge >= 0.3 is 66.7 Å². The van der Waals surface area contributed by atoms with Crippen molar-refractivity contribution < 1.29 is 101 Å². The Balaban J connectivity index is -0.000000187. The molecule has 18 heavy (non-hydrogen) atoms. The van der Waals surface area contributed by atoms with Crippen LogP contribution in [0.2, 0.25) is 0 Å². The number of rotatable bonds is 7. The molecule has 0 saturated carbocycles. The van der Waals surface area contributed by atoms with Crippen LogP contribution in [0.5, 0.6) is 0 Å². The van der Waals surface area contributed by atoms with E-state index in [9.17, 15) is 19.3 Å². The van der Waals surface area contributed by atoms with Gasteiger partial charge in [-0.15, -0.1) is 0 Å². The van der Waals surface area contributed by atoms with Gasteiger partial charge in [0, 0.05) is 0 Å². The molecule has 0 aromatic heterocycles. The van der Waals surface area contributed by atoms with Gasteiger partial charge in [0.25, 0.3) is 0 Å². The van der Waals surface area contributed by atoms with Crippen LogP contribution in [0.25, 0.3) is 0 Å². The average molecular weight is 305 g/mol. The maximum Gasteiger partial charge on any atom is 1.00 e. The van der Waals surface area contributed by atoms with Gasteiger partial charge in [-0.2, -0.15) is 0 Å². The topological polar surface area (TPSA) is 156 Å². The van der Waals surface area contributed by atoms with Crippen LogP contribution in [0.4, 0.5) is 0 Å². The van der Waals surface area contributed by atoms with Gasteiger partial charge < -0.3 is 22.9 Å². The Morgan fingerprint density at radius 3 is 2.11 bits per heavy atom. The number of hydrogen-bond donors (Lipinski definition) is 5. The number of nitrogens with zero attached hydrogens (tertiary/aromatic N) is 1. The van der Waals surface area contributed by atoms with E-state index in [1.165, 1.54) is 0 Å². The molecule has 0 rings (SSSR count). The summed E-state index contributed by atoms with van der Waals surface area (Å²) in [7, 11) is -4.73. The zero-order valence-corrected chi connectivity index (χ0v) is 14.9. The molecule has 0 heterocycles. The van der Waals surface area contributed by atoms with Gasteiger partial charge in [0.05, 0.1) is 12.8 Å². The Kier molecular flexibility index (Phi) is 13.4. The van der Waals surface area contributed by atoms with Crippen molar-refractivity contribution in [3.63, 3.8) is 0 Å². The fraction of sp³-hybridized carbons (Fsp3) is 0.667. The molecule has 0 bridgehead atoms. The van der Waals surface area contributed by atoms with Crippen molar-refractivity contribution in [1.29, 1.82) is 0 Å². The smallest absolute Gasteiger partial charge is 1.00 e. The summed E-state index contributed by atoms with van der Waals surface area (Å²) in [6.07, 6.45) is -1.42. The quantitative estimate of drug-likeness (QED) is 0.102. The number of ketones is 1. The molecule has 0 aromatic carbocycles. The third kappa shape index (κ3) is 9.13. The van der Waals surface area contributed by atoms with E-state index in [4.69, 9.17) is 20.1 Å². The molecule has 0 saturated heterocycles. The Morgan fingerprint density at radius 2 is 1.83 bits per heavy atom. The van der Waals surface area contributed by atoms with Crippen LogP contribution < -0.4 is 59.1 Å². The van der Waals surface area contributed by atoms with Crippen molar-refractivity contribution in [1.82, 2.24) is 5.06 Å². The molecule has 12 heteroatoms. The van der Waals surface area contributed by atoms with E-state index in [2.05, 4.69) is 0 Å². The standard InChI is InChI=1S/C6H12NO8P.2Na.2H/c8-2-6(11,3-16(13,14)15)5(10)1-7(12)4-9;;;;/h4,8,11-12H,1-3H2,(H2,13,14,15);;;;/q;2*+1;2*-1. The first-order valence-corrected chi connectivity index (χ1v) is 5.76. The van der Waals surface area contributed by atoms with E-state index in [1.807, 2.05) is 0 Å². The van der Waals surface area contributed by atoms with Crippen LogP contribution in [-0.4, -0.2) is 67.4 Å². The van der Waals surface area contributed by atoms with Crippen molar-refractivity contribution in [3.8, 4) is 0 Å². The van der Waals surface area contributed by atoms with Crippen LogP contribution in [0.15, 0.2) is 0 Å². The van der Waals surface area contributed by atoms with E-state index in [0.29, 0.717) is 0 Å². The first kappa shape index (κ1) is 24.2. The van der Waals surface area contributed by atoms with E-state index >= 15 is 0 Å². The summed E-state index contributed by atoms with van der Waals surface area (Å²) in [5.41, 5.74) is -2.69. The molecule has 98 valence electrons. The van der Waals surface area contributed by atoms with E-state index in [1.54, 1.807) is 0 Å². The Labute approximate surface area is 150 Å². The minimum Gasteiger partial charge on any atom is -1.00 e.